The lowest BCUT2D eigenvalue weighted by molar-refractivity contribution is -0.115. The Kier molecular flexibility index (Phi) is 8.17. The molecule has 1 amide bonds. The largest absolute Gasteiger partial charge is 0.487 e. The molecule has 35 heavy (non-hydrogen) atoms. The van der Waals surface area contributed by atoms with Gasteiger partial charge in [-0.2, -0.15) is 0 Å². The number of ether oxygens (including phenoxy) is 1. The zero-order chi connectivity index (χ0) is 25.1. The molecule has 178 valence electrons. The number of carbonyl (C=O) groups excluding carboxylic acids is 1. The second-order valence-corrected chi connectivity index (χ2v) is 11.2. The SMILES string of the molecule is Cc1ccc(N=C2NC(=O)/C(=C/c3cc(I)c(OCc4ccc(C(=O)O)cc4)c(I)c3)S2)c(C)c1. The van der Waals surface area contributed by atoms with Crippen LogP contribution in [0.2, 0.25) is 0 Å². The number of hydrogen-bond acceptors (Lipinski definition) is 5. The maximum atomic E-state index is 12.5. The first-order chi connectivity index (χ1) is 16.7. The Hall–Kier alpha value is -2.38. The monoisotopic (exact) mass is 710 g/mol. The van der Waals surface area contributed by atoms with E-state index in [0.717, 1.165) is 35.3 Å². The number of carbonyl (C=O) groups is 2. The van der Waals surface area contributed by atoms with E-state index in [2.05, 4.69) is 61.6 Å². The van der Waals surface area contributed by atoms with Crippen LogP contribution in [0.15, 0.2) is 64.5 Å². The topological polar surface area (TPSA) is 88.0 Å². The third-order valence-electron chi connectivity index (χ3n) is 5.13. The fourth-order valence-electron chi connectivity index (χ4n) is 3.37. The number of nitrogens with zero attached hydrogens (tertiary/aromatic N) is 1. The number of rotatable bonds is 6. The Labute approximate surface area is 234 Å². The summed E-state index contributed by atoms with van der Waals surface area (Å²) in [5.74, 6) is -0.381. The van der Waals surface area contributed by atoms with Gasteiger partial charge in [0.1, 0.15) is 12.4 Å². The number of halogens is 2. The van der Waals surface area contributed by atoms with Gasteiger partial charge in [-0.15, -0.1) is 0 Å². The number of nitrogens with one attached hydrogen (secondary N) is 1. The molecule has 3 aromatic carbocycles. The summed E-state index contributed by atoms with van der Waals surface area (Å²) in [7, 11) is 0. The number of carboxylic acid groups (broad SMARTS) is 1. The molecular weight excluding hydrogens is 690 g/mol. The number of thioether (sulfide) groups is 1. The van der Waals surface area contributed by atoms with E-state index < -0.39 is 5.97 Å². The highest BCUT2D eigenvalue weighted by Crippen LogP contribution is 2.33. The van der Waals surface area contributed by atoms with Gasteiger partial charge in [-0.3, -0.25) is 4.79 Å². The summed E-state index contributed by atoms with van der Waals surface area (Å²) in [6.07, 6.45) is 1.85. The Morgan fingerprint density at radius 1 is 1.09 bits per heavy atom. The molecule has 2 N–H and O–H groups in total. The maximum Gasteiger partial charge on any atom is 0.335 e. The minimum Gasteiger partial charge on any atom is -0.487 e. The van der Waals surface area contributed by atoms with Crippen molar-refractivity contribution in [1.82, 2.24) is 5.32 Å². The van der Waals surface area contributed by atoms with Gasteiger partial charge in [-0.25, -0.2) is 9.79 Å². The van der Waals surface area contributed by atoms with Crippen LogP contribution in [0, 0.1) is 21.0 Å². The van der Waals surface area contributed by atoms with Crippen molar-refractivity contribution in [2.45, 2.75) is 20.5 Å². The molecule has 0 aromatic heterocycles. The lowest BCUT2D eigenvalue weighted by atomic mass is 10.1. The smallest absolute Gasteiger partial charge is 0.335 e. The van der Waals surface area contributed by atoms with E-state index in [9.17, 15) is 9.59 Å². The minimum absolute atomic E-state index is 0.173. The standard InChI is InChI=1S/C26H20I2N2O4S/c1-14-3-8-21(15(2)9-14)29-26-30-24(31)22(35-26)12-17-10-19(27)23(20(28)11-17)34-13-16-4-6-18(7-5-16)25(32)33/h3-12H,13H2,1-2H3,(H,32,33)(H,29,30,31)/b22-12-. The Morgan fingerprint density at radius 2 is 1.77 bits per heavy atom. The number of aromatic carboxylic acids is 1. The fraction of sp³-hybridized carbons (Fsp3) is 0.115. The molecule has 0 atom stereocenters. The summed E-state index contributed by atoms with van der Waals surface area (Å²) in [6.45, 7) is 4.36. The lowest BCUT2D eigenvalue weighted by Gasteiger charge is -2.12. The molecule has 1 fully saturated rings. The minimum atomic E-state index is -0.955. The quantitative estimate of drug-likeness (QED) is 0.220. The molecule has 0 unspecified atom stereocenters. The molecule has 0 aliphatic carbocycles. The highest BCUT2D eigenvalue weighted by atomic mass is 127. The summed E-state index contributed by atoms with van der Waals surface area (Å²) in [5, 5.41) is 12.4. The molecule has 0 spiro atoms. The van der Waals surface area contributed by atoms with Crippen LogP contribution in [0.4, 0.5) is 5.69 Å². The molecule has 1 aliphatic rings. The van der Waals surface area contributed by atoms with Crippen molar-refractivity contribution in [3.8, 4) is 5.75 Å². The number of amidine groups is 1. The van der Waals surface area contributed by atoms with Crippen LogP contribution < -0.4 is 10.1 Å². The number of amides is 1. The van der Waals surface area contributed by atoms with Crippen LogP contribution in [0.1, 0.15) is 32.6 Å². The van der Waals surface area contributed by atoms with Gasteiger partial charge in [-0.1, -0.05) is 29.8 Å². The van der Waals surface area contributed by atoms with E-state index in [1.54, 1.807) is 24.3 Å². The van der Waals surface area contributed by atoms with Gasteiger partial charge in [0, 0.05) is 0 Å². The number of carboxylic acids is 1. The molecular formula is C26H20I2N2O4S. The predicted molar refractivity (Wildman–Crippen MR) is 156 cm³/mol. The molecule has 3 aromatic rings. The van der Waals surface area contributed by atoms with Crippen LogP contribution in [-0.4, -0.2) is 22.2 Å². The summed E-state index contributed by atoms with van der Waals surface area (Å²) < 4.78 is 7.84. The molecule has 0 radical (unpaired) electrons. The van der Waals surface area contributed by atoms with Gasteiger partial charge in [0.05, 0.1) is 23.3 Å². The average molecular weight is 710 g/mol. The van der Waals surface area contributed by atoms with Crippen molar-refractivity contribution >= 4 is 85.8 Å². The first-order valence-electron chi connectivity index (χ1n) is 10.5. The number of aliphatic imine (C=N–C) groups is 1. The van der Waals surface area contributed by atoms with Crippen molar-refractivity contribution in [3.05, 3.63) is 94.5 Å². The van der Waals surface area contributed by atoms with E-state index in [0.29, 0.717) is 16.7 Å². The third-order valence-corrected chi connectivity index (χ3v) is 7.64. The van der Waals surface area contributed by atoms with E-state index in [4.69, 9.17) is 9.84 Å². The van der Waals surface area contributed by atoms with Gasteiger partial charge in [0.15, 0.2) is 5.17 Å². The van der Waals surface area contributed by atoms with Crippen LogP contribution in [0.3, 0.4) is 0 Å². The third kappa shape index (κ3) is 6.44. The Morgan fingerprint density at radius 3 is 2.40 bits per heavy atom. The van der Waals surface area contributed by atoms with Crippen LogP contribution in [-0.2, 0) is 11.4 Å². The van der Waals surface area contributed by atoms with Crippen molar-refractivity contribution in [3.63, 3.8) is 0 Å². The van der Waals surface area contributed by atoms with Crippen molar-refractivity contribution in [2.24, 2.45) is 4.99 Å². The van der Waals surface area contributed by atoms with E-state index in [-0.39, 0.29) is 11.5 Å². The van der Waals surface area contributed by atoms with E-state index >= 15 is 0 Å². The van der Waals surface area contributed by atoms with Crippen molar-refractivity contribution in [1.29, 1.82) is 0 Å². The van der Waals surface area contributed by atoms with Gasteiger partial charge in [-0.05, 0) is 124 Å². The number of aryl methyl sites for hydroxylation is 2. The van der Waals surface area contributed by atoms with Gasteiger partial charge < -0.3 is 15.2 Å². The van der Waals surface area contributed by atoms with Crippen LogP contribution >= 0.6 is 56.9 Å². The summed E-state index contributed by atoms with van der Waals surface area (Å²) in [5.41, 5.74) is 5.07. The predicted octanol–water partition coefficient (Wildman–Crippen LogP) is 6.68. The summed E-state index contributed by atoms with van der Waals surface area (Å²) in [6, 6.07) is 16.6. The molecule has 1 heterocycles. The lowest BCUT2D eigenvalue weighted by Crippen LogP contribution is -2.19. The molecule has 0 bridgehead atoms. The summed E-state index contributed by atoms with van der Waals surface area (Å²) >= 11 is 5.76. The summed E-state index contributed by atoms with van der Waals surface area (Å²) in [4.78, 5) is 28.7. The molecule has 6 nitrogen and oxygen atoms in total. The molecule has 9 heteroatoms. The highest BCUT2D eigenvalue weighted by molar-refractivity contribution is 14.1. The number of benzene rings is 3. The van der Waals surface area contributed by atoms with Gasteiger partial charge >= 0.3 is 5.97 Å². The van der Waals surface area contributed by atoms with Crippen molar-refractivity contribution < 1.29 is 19.4 Å². The highest BCUT2D eigenvalue weighted by Gasteiger charge is 2.24. The zero-order valence-corrected chi connectivity index (χ0v) is 23.9. The van der Waals surface area contributed by atoms with E-state index in [1.165, 1.54) is 17.3 Å². The Bertz CT molecular complexity index is 1360. The van der Waals surface area contributed by atoms with E-state index in [1.807, 2.05) is 44.2 Å². The first kappa shape index (κ1) is 25.7. The molecule has 1 aliphatic heterocycles. The molecule has 1 saturated heterocycles. The van der Waals surface area contributed by atoms with Crippen LogP contribution in [0.25, 0.3) is 6.08 Å². The second-order valence-electron chi connectivity index (χ2n) is 7.88. The maximum absolute atomic E-state index is 12.5. The zero-order valence-electron chi connectivity index (χ0n) is 18.8. The molecule has 0 saturated carbocycles. The second kappa shape index (κ2) is 11.1. The first-order valence-corrected chi connectivity index (χ1v) is 13.5. The molecule has 4 rings (SSSR count). The normalized spacial score (nSPS) is 15.5. The Balaban J connectivity index is 1.48. The average Bonchev–Trinajstić information content (AvgIpc) is 3.14. The van der Waals surface area contributed by atoms with Crippen LogP contribution in [0.5, 0.6) is 5.75 Å². The van der Waals surface area contributed by atoms with Crippen molar-refractivity contribution in [2.75, 3.05) is 0 Å². The fourth-order valence-corrected chi connectivity index (χ4v) is 6.33. The van der Waals surface area contributed by atoms with Gasteiger partial charge in [0.2, 0.25) is 0 Å². The van der Waals surface area contributed by atoms with Gasteiger partial charge in [0.25, 0.3) is 5.91 Å². The number of hydrogen-bond donors (Lipinski definition) is 2.